The van der Waals surface area contributed by atoms with Gasteiger partial charge in [-0.3, -0.25) is 0 Å². The van der Waals surface area contributed by atoms with Gasteiger partial charge in [0.05, 0.1) is 25.7 Å². The molecule has 0 fully saturated rings. The fourth-order valence-electron chi connectivity index (χ4n) is 2.33. The summed E-state index contributed by atoms with van der Waals surface area (Å²) in [7, 11) is -1.12. The zero-order valence-electron chi connectivity index (χ0n) is 14.4. The van der Waals surface area contributed by atoms with Crippen molar-refractivity contribution in [2.45, 2.75) is 66.2 Å². The third-order valence-electron chi connectivity index (χ3n) is 3.78. The van der Waals surface area contributed by atoms with Crippen LogP contribution in [-0.2, 0) is 9.53 Å². The van der Waals surface area contributed by atoms with Gasteiger partial charge in [0, 0.05) is 5.57 Å². The van der Waals surface area contributed by atoms with Crippen molar-refractivity contribution in [3.8, 4) is 0 Å². The van der Waals surface area contributed by atoms with Gasteiger partial charge < -0.3 is 21.7 Å². The largest absolute Gasteiger partial charge is 1.00 e. The minimum atomic E-state index is -1.12. The molecule has 0 spiro atoms. The summed E-state index contributed by atoms with van der Waals surface area (Å²) in [4.78, 5) is 11.7. The Hall–Kier alpha value is 0.120. The molecule has 4 heteroatoms. The molecule has 0 aromatic carbocycles. The van der Waals surface area contributed by atoms with E-state index in [0.717, 1.165) is 0 Å². The number of esters is 1. The highest BCUT2D eigenvalue weighted by atomic mass is 79.9. The van der Waals surface area contributed by atoms with Crippen molar-refractivity contribution in [1.82, 2.24) is 0 Å². The van der Waals surface area contributed by atoms with Crippen LogP contribution in [0.3, 0.4) is 0 Å². The first-order chi connectivity index (χ1) is 9.51. The normalized spacial score (nSPS) is 10.9. The molecule has 0 aliphatic carbocycles. The monoisotopic (exact) mass is 380 g/mol. The summed E-state index contributed by atoms with van der Waals surface area (Å²) in [5.74, 6) is -0.209. The van der Waals surface area contributed by atoms with E-state index in [-0.39, 0.29) is 23.0 Å². The molecule has 0 rings (SSSR count). The Kier molecular flexibility index (Phi) is 15.3. The van der Waals surface area contributed by atoms with Gasteiger partial charge in [0.1, 0.15) is 0 Å². The highest BCUT2D eigenvalue weighted by Gasteiger charge is 2.37. The maximum Gasteiger partial charge on any atom is 0.336 e. The number of hydrogen-bond acceptors (Lipinski definition) is 2. The van der Waals surface area contributed by atoms with Gasteiger partial charge in [-0.25, -0.2) is 4.79 Å². The molecule has 0 heterocycles. The standard InChI is InChI=1S/C17H34O2P.BrH/c1-6-9-12-20(13-10-7-2,14-11-8-3)15-19-17(18)16(4)5;/h4,6-15H2,1-3,5H3;1H/q+1;/p-1. The molecule has 0 atom stereocenters. The van der Waals surface area contributed by atoms with Crippen molar-refractivity contribution >= 4 is 13.2 Å². The topological polar surface area (TPSA) is 26.3 Å². The van der Waals surface area contributed by atoms with Crippen molar-refractivity contribution in [2.75, 3.05) is 24.8 Å². The second-order valence-corrected chi connectivity index (χ2v) is 10.2. The average molecular weight is 381 g/mol. The summed E-state index contributed by atoms with van der Waals surface area (Å²) in [6, 6.07) is 0. The van der Waals surface area contributed by atoms with Gasteiger partial charge in [0.15, 0.2) is 6.35 Å². The molecular formula is C17H34BrO2P. The number of halogens is 1. The molecule has 0 aromatic rings. The highest BCUT2D eigenvalue weighted by molar-refractivity contribution is 7.75. The molecule has 0 aliphatic heterocycles. The lowest BCUT2D eigenvalue weighted by atomic mass is 10.4. The molecule has 0 bridgehead atoms. The maximum atomic E-state index is 11.7. The van der Waals surface area contributed by atoms with Crippen LogP contribution < -0.4 is 17.0 Å². The predicted molar refractivity (Wildman–Crippen MR) is 92.0 cm³/mol. The van der Waals surface area contributed by atoms with E-state index in [4.69, 9.17) is 4.74 Å². The van der Waals surface area contributed by atoms with Gasteiger partial charge in [0.25, 0.3) is 0 Å². The summed E-state index contributed by atoms with van der Waals surface area (Å²) in [6.45, 7) is 12.1. The first kappa shape index (κ1) is 23.4. The number of carbonyl (C=O) groups is 1. The Bertz CT molecular complexity index is 271. The number of hydrogen-bond donors (Lipinski definition) is 0. The Morgan fingerprint density at radius 2 is 1.33 bits per heavy atom. The van der Waals surface area contributed by atoms with Crippen LogP contribution in [0.2, 0.25) is 0 Å². The van der Waals surface area contributed by atoms with Crippen molar-refractivity contribution in [3.63, 3.8) is 0 Å². The van der Waals surface area contributed by atoms with Crippen LogP contribution >= 0.6 is 7.26 Å². The predicted octanol–water partition coefficient (Wildman–Crippen LogP) is 2.49. The van der Waals surface area contributed by atoms with Gasteiger partial charge in [-0.2, -0.15) is 0 Å². The zero-order valence-corrected chi connectivity index (χ0v) is 16.9. The molecule has 0 aliphatic rings. The second-order valence-electron chi connectivity index (χ2n) is 5.91. The van der Waals surface area contributed by atoms with E-state index in [1.807, 2.05) is 0 Å². The Balaban J connectivity index is 0. The molecule has 0 saturated heterocycles. The van der Waals surface area contributed by atoms with Gasteiger partial charge in [-0.05, 0) is 26.2 Å². The van der Waals surface area contributed by atoms with E-state index < -0.39 is 7.26 Å². The van der Waals surface area contributed by atoms with Gasteiger partial charge in [0.2, 0.25) is 0 Å². The van der Waals surface area contributed by atoms with Crippen molar-refractivity contribution < 1.29 is 26.5 Å². The Labute approximate surface area is 143 Å². The minimum Gasteiger partial charge on any atom is -1.00 e. The molecular weight excluding hydrogens is 347 g/mol. The van der Waals surface area contributed by atoms with Crippen LogP contribution in [0, 0.1) is 0 Å². The van der Waals surface area contributed by atoms with E-state index >= 15 is 0 Å². The van der Waals surface area contributed by atoms with Crippen LogP contribution in [0.1, 0.15) is 66.2 Å². The fraction of sp³-hybridized carbons (Fsp3) is 0.824. The molecule has 0 saturated carbocycles. The number of rotatable bonds is 12. The lowest BCUT2D eigenvalue weighted by molar-refractivity contribution is -0.136. The van der Waals surface area contributed by atoms with Gasteiger partial charge in [-0.15, -0.1) is 0 Å². The van der Waals surface area contributed by atoms with Gasteiger partial charge >= 0.3 is 5.97 Å². The number of carbonyl (C=O) groups excluding carboxylic acids is 1. The highest BCUT2D eigenvalue weighted by Crippen LogP contribution is 2.60. The molecule has 126 valence electrons. The van der Waals surface area contributed by atoms with Crippen LogP contribution in [0.5, 0.6) is 0 Å². The molecule has 0 amide bonds. The van der Waals surface area contributed by atoms with Crippen molar-refractivity contribution in [3.05, 3.63) is 12.2 Å². The zero-order chi connectivity index (χ0) is 15.4. The van der Waals surface area contributed by atoms with E-state index in [2.05, 4.69) is 27.4 Å². The molecule has 0 unspecified atom stereocenters. The molecule has 0 aromatic heterocycles. The first-order valence-corrected chi connectivity index (χ1v) is 10.7. The fourth-order valence-corrected chi connectivity index (χ4v) is 6.74. The van der Waals surface area contributed by atoms with Crippen LogP contribution in [0.15, 0.2) is 12.2 Å². The molecule has 0 radical (unpaired) electrons. The molecule has 0 N–H and O–H groups in total. The Morgan fingerprint density at radius 1 is 0.952 bits per heavy atom. The van der Waals surface area contributed by atoms with Gasteiger partial charge in [-0.1, -0.05) is 46.6 Å². The molecule has 21 heavy (non-hydrogen) atoms. The van der Waals surface area contributed by atoms with E-state index in [9.17, 15) is 4.79 Å². The quantitative estimate of drug-likeness (QED) is 0.295. The van der Waals surface area contributed by atoms with Crippen LogP contribution in [0.4, 0.5) is 0 Å². The number of ether oxygens (including phenoxy) is 1. The van der Waals surface area contributed by atoms with E-state index in [1.54, 1.807) is 6.92 Å². The summed E-state index contributed by atoms with van der Waals surface area (Å²) in [5.41, 5.74) is 0.518. The van der Waals surface area contributed by atoms with E-state index in [0.29, 0.717) is 11.9 Å². The first-order valence-electron chi connectivity index (χ1n) is 8.19. The summed E-state index contributed by atoms with van der Waals surface area (Å²) in [6.07, 6.45) is 12.0. The lowest BCUT2D eigenvalue weighted by Crippen LogP contribution is -3.00. The number of unbranched alkanes of at least 4 members (excludes halogenated alkanes) is 3. The second kappa shape index (κ2) is 13.8. The lowest BCUT2D eigenvalue weighted by Gasteiger charge is -2.27. The van der Waals surface area contributed by atoms with E-state index in [1.165, 1.54) is 57.0 Å². The van der Waals surface area contributed by atoms with Crippen molar-refractivity contribution in [1.29, 1.82) is 0 Å². The summed E-state index contributed by atoms with van der Waals surface area (Å²) < 4.78 is 5.57. The minimum absolute atomic E-state index is 0. The SMILES string of the molecule is C=C(C)C(=O)OC[P+](CCCC)(CCCC)CCCC.[Br-]. The third-order valence-corrected chi connectivity index (χ3v) is 8.25. The van der Waals surface area contributed by atoms with Crippen molar-refractivity contribution in [2.24, 2.45) is 0 Å². The third kappa shape index (κ3) is 10.5. The summed E-state index contributed by atoms with van der Waals surface area (Å²) in [5, 5.41) is 0. The maximum absolute atomic E-state index is 11.7. The van der Waals surface area contributed by atoms with Crippen LogP contribution in [-0.4, -0.2) is 30.8 Å². The Morgan fingerprint density at radius 3 is 1.62 bits per heavy atom. The van der Waals surface area contributed by atoms with Crippen LogP contribution in [0.25, 0.3) is 0 Å². The smallest absolute Gasteiger partial charge is 0.336 e. The summed E-state index contributed by atoms with van der Waals surface area (Å²) >= 11 is 0. The molecule has 2 nitrogen and oxygen atoms in total. The average Bonchev–Trinajstić information content (AvgIpc) is 2.45.